The van der Waals surface area contributed by atoms with Crippen molar-refractivity contribution in [3.63, 3.8) is 0 Å². The van der Waals surface area contributed by atoms with Crippen molar-refractivity contribution in [2.24, 2.45) is 0 Å². The zero-order chi connectivity index (χ0) is 22.2. The first-order chi connectivity index (χ1) is 15.6. The van der Waals surface area contributed by atoms with Crippen LogP contribution in [0.4, 0.5) is 0 Å². The van der Waals surface area contributed by atoms with Crippen molar-refractivity contribution in [2.75, 3.05) is 34.1 Å². The van der Waals surface area contributed by atoms with Gasteiger partial charge in [0.25, 0.3) is 0 Å². The van der Waals surface area contributed by atoms with Crippen LogP contribution >= 0.6 is 0 Å². The fourth-order valence-corrected chi connectivity index (χ4v) is 4.03. The van der Waals surface area contributed by atoms with E-state index in [2.05, 4.69) is 4.90 Å². The number of hydrogen-bond donors (Lipinski definition) is 0. The van der Waals surface area contributed by atoms with E-state index >= 15 is 0 Å². The summed E-state index contributed by atoms with van der Waals surface area (Å²) in [4.78, 5) is 27.5. The van der Waals surface area contributed by atoms with Crippen LogP contribution in [-0.4, -0.2) is 39.0 Å². The SMILES string of the molecule is COCCN1COc2ccc3c(-c4cc5cccc(OC)c5oc4=O)cc(=O)oc3c2C1. The number of rotatable bonds is 5. The molecule has 0 atom stereocenters. The van der Waals surface area contributed by atoms with E-state index in [1.807, 2.05) is 18.2 Å². The topological polar surface area (TPSA) is 91.4 Å². The summed E-state index contributed by atoms with van der Waals surface area (Å²) in [6, 6.07) is 12.0. The molecule has 4 aromatic rings. The maximum Gasteiger partial charge on any atom is 0.344 e. The normalized spacial score (nSPS) is 13.8. The van der Waals surface area contributed by atoms with Crippen LogP contribution in [0.25, 0.3) is 33.1 Å². The minimum atomic E-state index is -0.565. The van der Waals surface area contributed by atoms with E-state index < -0.39 is 11.3 Å². The minimum Gasteiger partial charge on any atom is -0.493 e. The Morgan fingerprint density at radius 2 is 1.88 bits per heavy atom. The second-order valence-electron chi connectivity index (χ2n) is 7.54. The molecule has 164 valence electrons. The number of nitrogens with zero attached hydrogens (tertiary/aromatic N) is 1. The molecule has 3 heterocycles. The molecule has 8 heteroatoms. The van der Waals surface area contributed by atoms with Crippen molar-refractivity contribution < 1.29 is 23.0 Å². The number of para-hydroxylation sites is 1. The third-order valence-corrected chi connectivity index (χ3v) is 5.60. The van der Waals surface area contributed by atoms with Gasteiger partial charge in [0.2, 0.25) is 0 Å². The van der Waals surface area contributed by atoms with Gasteiger partial charge in [0.1, 0.15) is 18.1 Å². The molecule has 2 aromatic heterocycles. The molecule has 1 aliphatic heterocycles. The molecule has 0 aliphatic carbocycles. The van der Waals surface area contributed by atoms with Crippen molar-refractivity contribution in [2.45, 2.75) is 6.54 Å². The monoisotopic (exact) mass is 435 g/mol. The molecule has 0 saturated carbocycles. The highest BCUT2D eigenvalue weighted by Gasteiger charge is 2.23. The van der Waals surface area contributed by atoms with Crippen LogP contribution in [0.1, 0.15) is 5.56 Å². The zero-order valence-electron chi connectivity index (χ0n) is 17.7. The van der Waals surface area contributed by atoms with Gasteiger partial charge >= 0.3 is 11.3 Å². The van der Waals surface area contributed by atoms with E-state index in [4.69, 9.17) is 23.0 Å². The Kier molecular flexibility index (Phi) is 5.16. The molecule has 0 saturated heterocycles. The number of hydrogen-bond acceptors (Lipinski definition) is 8. The molecule has 0 bridgehead atoms. The molecule has 0 spiro atoms. The average molecular weight is 435 g/mol. The fourth-order valence-electron chi connectivity index (χ4n) is 4.03. The highest BCUT2D eigenvalue weighted by molar-refractivity contribution is 5.97. The molecule has 0 radical (unpaired) electrons. The lowest BCUT2D eigenvalue weighted by molar-refractivity contribution is 0.0658. The summed E-state index contributed by atoms with van der Waals surface area (Å²) in [5.74, 6) is 1.12. The summed E-state index contributed by atoms with van der Waals surface area (Å²) in [7, 11) is 3.16. The van der Waals surface area contributed by atoms with E-state index in [-0.39, 0.29) is 5.56 Å². The van der Waals surface area contributed by atoms with Crippen molar-refractivity contribution in [1.29, 1.82) is 0 Å². The Bertz CT molecular complexity index is 1440. The van der Waals surface area contributed by atoms with Crippen LogP contribution in [0.5, 0.6) is 11.5 Å². The molecule has 0 fully saturated rings. The third kappa shape index (κ3) is 3.43. The summed E-state index contributed by atoms with van der Waals surface area (Å²) in [6.07, 6.45) is 0. The second-order valence-corrected chi connectivity index (χ2v) is 7.54. The predicted octanol–water partition coefficient (Wildman–Crippen LogP) is 3.37. The van der Waals surface area contributed by atoms with Gasteiger partial charge in [0, 0.05) is 42.6 Å². The summed E-state index contributed by atoms with van der Waals surface area (Å²) in [5.41, 5.74) is 1.12. The fraction of sp³-hybridized carbons (Fsp3) is 0.250. The van der Waals surface area contributed by atoms with E-state index in [0.717, 1.165) is 5.56 Å². The quantitative estimate of drug-likeness (QED) is 0.441. The molecule has 5 rings (SSSR count). The van der Waals surface area contributed by atoms with Crippen LogP contribution in [0.3, 0.4) is 0 Å². The maximum absolute atomic E-state index is 12.9. The van der Waals surface area contributed by atoms with Gasteiger partial charge in [-0.3, -0.25) is 4.90 Å². The maximum atomic E-state index is 12.9. The van der Waals surface area contributed by atoms with Crippen LogP contribution in [0, 0.1) is 0 Å². The average Bonchev–Trinajstić information content (AvgIpc) is 2.81. The minimum absolute atomic E-state index is 0.275. The first-order valence-electron chi connectivity index (χ1n) is 10.1. The van der Waals surface area contributed by atoms with Gasteiger partial charge in [-0.15, -0.1) is 0 Å². The van der Waals surface area contributed by atoms with Crippen molar-refractivity contribution in [1.82, 2.24) is 4.90 Å². The van der Waals surface area contributed by atoms with E-state index in [9.17, 15) is 9.59 Å². The van der Waals surface area contributed by atoms with Crippen molar-refractivity contribution in [3.8, 4) is 22.6 Å². The van der Waals surface area contributed by atoms with Gasteiger partial charge in [-0.25, -0.2) is 9.59 Å². The molecule has 8 nitrogen and oxygen atoms in total. The predicted molar refractivity (Wildman–Crippen MR) is 118 cm³/mol. The number of fused-ring (bicyclic) bond motifs is 4. The standard InChI is InChI=1S/C24H21NO7/c1-28-9-8-25-12-18-19(30-13-25)7-6-15-16(11-21(26)31-23(15)18)17-10-14-4-3-5-20(29-2)22(14)32-24(17)27/h3-7,10-11H,8-9,12-13H2,1-2H3. The van der Waals surface area contributed by atoms with Crippen LogP contribution in [0.2, 0.25) is 0 Å². The summed E-state index contributed by atoms with van der Waals surface area (Å²) >= 11 is 0. The number of methoxy groups -OCH3 is 2. The van der Waals surface area contributed by atoms with Crippen LogP contribution in [0.15, 0.2) is 60.9 Å². The lowest BCUT2D eigenvalue weighted by Crippen LogP contribution is -2.34. The highest BCUT2D eigenvalue weighted by atomic mass is 16.5. The van der Waals surface area contributed by atoms with E-state index in [1.54, 1.807) is 25.3 Å². The summed E-state index contributed by atoms with van der Waals surface area (Å²) in [5, 5.41) is 1.32. The van der Waals surface area contributed by atoms with Gasteiger partial charge in [0.15, 0.2) is 11.3 Å². The van der Waals surface area contributed by atoms with Crippen LogP contribution in [-0.2, 0) is 11.3 Å². The van der Waals surface area contributed by atoms with Gasteiger partial charge < -0.3 is 23.0 Å². The highest BCUT2D eigenvalue weighted by Crippen LogP contribution is 2.36. The number of ether oxygens (including phenoxy) is 3. The van der Waals surface area contributed by atoms with E-state index in [0.29, 0.717) is 65.4 Å². The zero-order valence-corrected chi connectivity index (χ0v) is 17.7. The molecule has 0 amide bonds. The molecular formula is C24H21NO7. The molecule has 0 unspecified atom stereocenters. The molecule has 2 aromatic carbocycles. The van der Waals surface area contributed by atoms with Gasteiger partial charge in [0.05, 0.1) is 24.8 Å². The van der Waals surface area contributed by atoms with Gasteiger partial charge in [-0.1, -0.05) is 12.1 Å². The summed E-state index contributed by atoms with van der Waals surface area (Å²) in [6.45, 7) is 2.18. The summed E-state index contributed by atoms with van der Waals surface area (Å²) < 4.78 is 27.5. The number of benzene rings is 2. The third-order valence-electron chi connectivity index (χ3n) is 5.60. The largest absolute Gasteiger partial charge is 0.493 e. The molecule has 0 N–H and O–H groups in total. The van der Waals surface area contributed by atoms with Gasteiger partial charge in [-0.2, -0.15) is 0 Å². The Hall–Kier alpha value is -3.62. The molecule has 32 heavy (non-hydrogen) atoms. The van der Waals surface area contributed by atoms with Crippen LogP contribution < -0.4 is 20.7 Å². The van der Waals surface area contributed by atoms with Crippen molar-refractivity contribution in [3.05, 3.63) is 68.9 Å². The molecule has 1 aliphatic rings. The Morgan fingerprint density at radius 1 is 1.00 bits per heavy atom. The van der Waals surface area contributed by atoms with E-state index in [1.165, 1.54) is 13.2 Å². The van der Waals surface area contributed by atoms with Gasteiger partial charge in [-0.05, 0) is 24.3 Å². The Labute approximate surface area is 182 Å². The first-order valence-corrected chi connectivity index (χ1v) is 10.1. The van der Waals surface area contributed by atoms with Crippen molar-refractivity contribution >= 4 is 21.9 Å². The molecular weight excluding hydrogens is 414 g/mol. The smallest absolute Gasteiger partial charge is 0.344 e. The lowest BCUT2D eigenvalue weighted by Gasteiger charge is -2.29. The Morgan fingerprint density at radius 3 is 2.69 bits per heavy atom. The first kappa shape index (κ1) is 20.3. The Balaban J connectivity index is 1.70. The lowest BCUT2D eigenvalue weighted by atomic mass is 9.99. The second kappa shape index (κ2) is 8.14.